The number of alkyl halides is 3. The van der Waals surface area contributed by atoms with Gasteiger partial charge in [-0.1, -0.05) is 19.9 Å². The zero-order valence-electron chi connectivity index (χ0n) is 21.3. The molecule has 5 nitrogen and oxygen atoms in total. The van der Waals surface area contributed by atoms with Gasteiger partial charge in [0.05, 0.1) is 12.6 Å². The van der Waals surface area contributed by atoms with E-state index in [1.54, 1.807) is 0 Å². The Kier molecular flexibility index (Phi) is 6.47. The van der Waals surface area contributed by atoms with Crippen LogP contribution in [-0.2, 0) is 14.3 Å². The highest BCUT2D eigenvalue weighted by atomic mass is 19.4. The number of carbonyl (C=O) groups is 2. The molecular formula is C27H38F3NO4. The molecule has 8 heteroatoms. The molecule has 4 aliphatic carbocycles. The Hall–Kier alpha value is -1.83. The SMILES string of the molecule is COC(=O)C1=CC2=CC[C@H]3[C@@H]4CC[C@H](C(=O)NC(C)(C)C(O)C(F)(F)F)[C@@]4(C)CC[C@@H]3[C@@]2(C)CC1. The predicted octanol–water partition coefficient (Wildman–Crippen LogP) is 5.09. The standard InChI is InChI=1S/C27H38F3NO4/c1-24(2,23(34)27(28,29)30)31-21(32)20-9-8-18-17-7-6-16-14-15(22(33)35-5)10-12-25(16,3)19(17)11-13-26(18,20)4/h6,14,17-20,23,34H,7-13H2,1-5H3,(H,31,32)/t17-,18-,19-,20+,23?,25-,26-/m0/s1. The normalized spacial score (nSPS) is 37.7. The van der Waals surface area contributed by atoms with Crippen molar-refractivity contribution in [1.82, 2.24) is 5.32 Å². The van der Waals surface area contributed by atoms with Crippen molar-refractivity contribution in [2.24, 2.45) is 34.5 Å². The lowest BCUT2D eigenvalue weighted by Crippen LogP contribution is -2.60. The minimum absolute atomic E-state index is 0.0269. The highest BCUT2D eigenvalue weighted by Gasteiger charge is 2.60. The minimum Gasteiger partial charge on any atom is -0.466 e. The van der Waals surface area contributed by atoms with E-state index in [4.69, 9.17) is 4.74 Å². The molecule has 0 spiro atoms. The van der Waals surface area contributed by atoms with Crippen LogP contribution in [0.3, 0.4) is 0 Å². The van der Waals surface area contributed by atoms with Crippen LogP contribution in [0.25, 0.3) is 0 Å². The number of halogens is 3. The molecule has 0 radical (unpaired) electrons. The molecule has 0 aromatic rings. The van der Waals surface area contributed by atoms with E-state index in [-0.39, 0.29) is 28.6 Å². The minimum atomic E-state index is -4.80. The van der Waals surface area contributed by atoms with E-state index in [0.717, 1.165) is 37.7 Å². The van der Waals surface area contributed by atoms with Crippen LogP contribution in [0.4, 0.5) is 13.2 Å². The van der Waals surface area contributed by atoms with Crippen LogP contribution in [0.5, 0.6) is 0 Å². The van der Waals surface area contributed by atoms with E-state index >= 15 is 0 Å². The summed E-state index contributed by atoms with van der Waals surface area (Å²) in [5.74, 6) is 0.137. The summed E-state index contributed by atoms with van der Waals surface area (Å²) in [6.07, 6.45) is 2.61. The van der Waals surface area contributed by atoms with Crippen molar-refractivity contribution in [2.75, 3.05) is 7.11 Å². The second-order valence-electron chi connectivity index (χ2n) is 12.2. The van der Waals surface area contributed by atoms with E-state index in [1.807, 2.05) is 6.08 Å². The van der Waals surface area contributed by atoms with E-state index in [1.165, 1.54) is 26.5 Å². The van der Waals surface area contributed by atoms with Crippen LogP contribution < -0.4 is 5.32 Å². The zero-order valence-corrected chi connectivity index (χ0v) is 21.3. The van der Waals surface area contributed by atoms with Crippen LogP contribution in [0.1, 0.15) is 72.6 Å². The fraction of sp³-hybridized carbons (Fsp3) is 0.778. The van der Waals surface area contributed by atoms with E-state index in [0.29, 0.717) is 30.6 Å². The summed E-state index contributed by atoms with van der Waals surface area (Å²) in [7, 11) is 1.40. The maximum Gasteiger partial charge on any atom is 0.416 e. The summed E-state index contributed by atoms with van der Waals surface area (Å²) < 4.78 is 44.3. The quantitative estimate of drug-likeness (QED) is 0.531. The van der Waals surface area contributed by atoms with Crippen molar-refractivity contribution >= 4 is 11.9 Å². The Morgan fingerprint density at radius 1 is 1.14 bits per heavy atom. The third-order valence-electron chi connectivity index (χ3n) is 9.97. The van der Waals surface area contributed by atoms with E-state index in [9.17, 15) is 27.9 Å². The lowest BCUT2D eigenvalue weighted by Gasteiger charge is -2.57. The van der Waals surface area contributed by atoms with Crippen molar-refractivity contribution in [3.63, 3.8) is 0 Å². The number of esters is 1. The van der Waals surface area contributed by atoms with Crippen LogP contribution >= 0.6 is 0 Å². The molecule has 35 heavy (non-hydrogen) atoms. The molecule has 0 aromatic heterocycles. The number of carbonyl (C=O) groups excluding carboxylic acids is 2. The van der Waals surface area contributed by atoms with Gasteiger partial charge in [-0.3, -0.25) is 4.79 Å². The lowest BCUT2D eigenvalue weighted by atomic mass is 9.48. The third kappa shape index (κ3) is 4.23. The Morgan fingerprint density at radius 3 is 2.46 bits per heavy atom. The topological polar surface area (TPSA) is 75.6 Å². The molecule has 1 unspecified atom stereocenters. The summed E-state index contributed by atoms with van der Waals surface area (Å²) in [6.45, 7) is 6.88. The number of fused-ring (bicyclic) bond motifs is 5. The summed E-state index contributed by atoms with van der Waals surface area (Å²) in [5, 5.41) is 12.3. The average molecular weight is 498 g/mol. The van der Waals surface area contributed by atoms with Crippen LogP contribution in [-0.4, -0.2) is 41.9 Å². The summed E-state index contributed by atoms with van der Waals surface area (Å²) in [4.78, 5) is 25.4. The van der Waals surface area contributed by atoms with Crippen molar-refractivity contribution in [3.8, 4) is 0 Å². The number of methoxy groups -OCH3 is 1. The first-order chi connectivity index (χ1) is 16.1. The Bertz CT molecular complexity index is 955. The second kappa shape index (κ2) is 8.63. The number of aliphatic hydroxyl groups is 1. The van der Waals surface area contributed by atoms with Gasteiger partial charge in [-0.2, -0.15) is 13.2 Å². The Morgan fingerprint density at radius 2 is 1.83 bits per heavy atom. The molecule has 4 rings (SSSR count). The first kappa shape index (κ1) is 26.2. The van der Waals surface area contributed by atoms with Gasteiger partial charge in [0.2, 0.25) is 5.91 Å². The molecule has 0 aromatic carbocycles. The van der Waals surface area contributed by atoms with Gasteiger partial charge in [-0.25, -0.2) is 4.79 Å². The van der Waals surface area contributed by atoms with Crippen molar-refractivity contribution in [1.29, 1.82) is 0 Å². The average Bonchev–Trinajstić information content (AvgIpc) is 3.14. The first-order valence-corrected chi connectivity index (χ1v) is 12.7. The second-order valence-corrected chi connectivity index (χ2v) is 12.2. The number of rotatable bonds is 4. The number of hydrogen-bond acceptors (Lipinski definition) is 4. The molecule has 2 fully saturated rings. The fourth-order valence-electron chi connectivity index (χ4n) is 7.93. The predicted molar refractivity (Wildman–Crippen MR) is 125 cm³/mol. The summed E-state index contributed by atoms with van der Waals surface area (Å²) >= 11 is 0. The molecule has 0 bridgehead atoms. The van der Waals surface area contributed by atoms with Gasteiger partial charge in [0.25, 0.3) is 0 Å². The van der Waals surface area contributed by atoms with Gasteiger partial charge >= 0.3 is 12.1 Å². The molecule has 0 heterocycles. The van der Waals surface area contributed by atoms with Crippen LogP contribution in [0.2, 0.25) is 0 Å². The molecule has 0 saturated heterocycles. The summed E-state index contributed by atoms with van der Waals surface area (Å²) in [6, 6.07) is 0. The molecule has 7 atom stereocenters. The van der Waals surface area contributed by atoms with Crippen molar-refractivity contribution < 1.29 is 32.6 Å². The highest BCUT2D eigenvalue weighted by Crippen LogP contribution is 2.66. The van der Waals surface area contributed by atoms with Crippen LogP contribution in [0.15, 0.2) is 23.3 Å². The summed E-state index contributed by atoms with van der Waals surface area (Å²) in [5.41, 5.74) is -0.182. The third-order valence-corrected chi connectivity index (χ3v) is 9.97. The zero-order chi connectivity index (χ0) is 26.0. The molecule has 2 saturated carbocycles. The number of aliphatic hydroxyl groups excluding tert-OH is 1. The first-order valence-electron chi connectivity index (χ1n) is 12.7. The molecule has 196 valence electrons. The monoisotopic (exact) mass is 497 g/mol. The van der Waals surface area contributed by atoms with Gasteiger partial charge in [0.15, 0.2) is 6.10 Å². The van der Waals surface area contributed by atoms with Crippen molar-refractivity contribution in [3.05, 3.63) is 23.3 Å². The van der Waals surface area contributed by atoms with Gasteiger partial charge < -0.3 is 15.2 Å². The molecule has 0 aliphatic heterocycles. The van der Waals surface area contributed by atoms with Gasteiger partial charge in [-0.15, -0.1) is 0 Å². The largest absolute Gasteiger partial charge is 0.466 e. The molecule has 2 N–H and O–H groups in total. The van der Waals surface area contributed by atoms with Gasteiger partial charge in [0.1, 0.15) is 0 Å². The number of amides is 1. The Balaban J connectivity index is 1.54. The Labute approximate surface area is 205 Å². The number of ether oxygens (including phenoxy) is 1. The van der Waals surface area contributed by atoms with Gasteiger partial charge in [0, 0.05) is 11.5 Å². The molecule has 4 aliphatic rings. The number of allylic oxidation sites excluding steroid dienone is 3. The molecule has 1 amide bonds. The maximum absolute atomic E-state index is 13.3. The van der Waals surface area contributed by atoms with E-state index in [2.05, 4.69) is 25.2 Å². The number of hydrogen-bond donors (Lipinski definition) is 2. The van der Waals surface area contributed by atoms with Gasteiger partial charge in [-0.05, 0) is 99.0 Å². The lowest BCUT2D eigenvalue weighted by molar-refractivity contribution is -0.223. The smallest absolute Gasteiger partial charge is 0.416 e. The molecular weight excluding hydrogens is 459 g/mol. The maximum atomic E-state index is 13.3. The van der Waals surface area contributed by atoms with Crippen molar-refractivity contribution in [2.45, 2.75) is 90.5 Å². The highest BCUT2D eigenvalue weighted by molar-refractivity contribution is 5.89. The van der Waals surface area contributed by atoms with E-state index < -0.39 is 17.8 Å². The fourth-order valence-corrected chi connectivity index (χ4v) is 7.93. The number of nitrogens with one attached hydrogen (secondary N) is 1. The van der Waals surface area contributed by atoms with Crippen LogP contribution in [0, 0.1) is 34.5 Å².